The van der Waals surface area contributed by atoms with E-state index in [0.29, 0.717) is 12.5 Å². The van der Waals surface area contributed by atoms with Gasteiger partial charge in [-0.1, -0.05) is 13.8 Å². The van der Waals surface area contributed by atoms with E-state index in [2.05, 4.69) is 0 Å². The van der Waals surface area contributed by atoms with Gasteiger partial charge in [-0.25, -0.2) is 4.79 Å². The van der Waals surface area contributed by atoms with Crippen molar-refractivity contribution in [3.8, 4) is 0 Å². The van der Waals surface area contributed by atoms with Crippen LogP contribution in [-0.4, -0.2) is 23.8 Å². The lowest BCUT2D eigenvalue weighted by atomic mass is 10.2. The number of hydrogen-bond donors (Lipinski definition) is 1. The molecule has 0 aliphatic rings. The first kappa shape index (κ1) is 11.2. The summed E-state index contributed by atoms with van der Waals surface area (Å²) < 4.78 is 5.30. The van der Waals surface area contributed by atoms with Crippen LogP contribution >= 0.6 is 0 Å². The zero-order chi connectivity index (χ0) is 9.56. The van der Waals surface area contributed by atoms with Crippen molar-refractivity contribution in [2.45, 2.75) is 26.9 Å². The number of carbonyl (C=O) groups is 1. The molecule has 1 atom stereocenters. The van der Waals surface area contributed by atoms with Gasteiger partial charge in [-0.3, -0.25) is 0 Å². The molecule has 0 radical (unpaired) electrons. The first-order chi connectivity index (χ1) is 5.52. The van der Waals surface area contributed by atoms with Gasteiger partial charge in [0.15, 0.2) is 0 Å². The molecule has 0 saturated heterocycles. The van der Waals surface area contributed by atoms with Crippen LogP contribution in [0, 0.1) is 5.92 Å². The summed E-state index contributed by atoms with van der Waals surface area (Å²) in [7, 11) is 0. The molecule has 0 aliphatic carbocycles. The highest BCUT2D eigenvalue weighted by Crippen LogP contribution is 1.98. The van der Waals surface area contributed by atoms with E-state index in [4.69, 9.17) is 9.84 Å². The quantitative estimate of drug-likeness (QED) is 0.642. The Balaban J connectivity index is 3.59. The summed E-state index contributed by atoms with van der Waals surface area (Å²) in [6.07, 6.45) is 2.51. The van der Waals surface area contributed by atoms with Gasteiger partial charge >= 0.3 is 5.97 Å². The summed E-state index contributed by atoms with van der Waals surface area (Å²) in [5.41, 5.74) is 0. The molecule has 0 spiro atoms. The van der Waals surface area contributed by atoms with Crippen LogP contribution in [0.3, 0.4) is 0 Å². The molecule has 0 bridgehead atoms. The van der Waals surface area contributed by atoms with Gasteiger partial charge < -0.3 is 9.84 Å². The fourth-order valence-corrected chi connectivity index (χ4v) is 0.618. The highest BCUT2D eigenvalue weighted by atomic mass is 16.5. The van der Waals surface area contributed by atoms with Crippen molar-refractivity contribution < 1.29 is 14.6 Å². The summed E-state index contributed by atoms with van der Waals surface area (Å²) in [6, 6.07) is 0. The zero-order valence-corrected chi connectivity index (χ0v) is 7.78. The Morgan fingerprint density at radius 1 is 1.50 bits per heavy atom. The Kier molecular flexibility index (Phi) is 5.37. The van der Waals surface area contributed by atoms with Gasteiger partial charge in [0.1, 0.15) is 0 Å². The maximum Gasteiger partial charge on any atom is 0.328 e. The molecule has 0 aliphatic heterocycles. The first-order valence-corrected chi connectivity index (χ1v) is 4.05. The predicted molar refractivity (Wildman–Crippen MR) is 47.0 cm³/mol. The Morgan fingerprint density at radius 2 is 2.08 bits per heavy atom. The molecule has 12 heavy (non-hydrogen) atoms. The minimum atomic E-state index is -0.935. The molecule has 0 aromatic carbocycles. The average Bonchev–Trinajstić information content (AvgIpc) is 1.96. The Hall–Kier alpha value is -0.830. The van der Waals surface area contributed by atoms with Gasteiger partial charge in [-0.15, -0.1) is 0 Å². The standard InChI is InChI=1S/C9H16O3/c1-7(2)6-12-8(3)4-5-9(10)11/h4-5,7-8H,6H2,1-3H3,(H,10,11). The van der Waals surface area contributed by atoms with Gasteiger partial charge in [0.05, 0.1) is 6.10 Å². The second kappa shape index (κ2) is 5.77. The third-order valence-corrected chi connectivity index (χ3v) is 1.20. The topological polar surface area (TPSA) is 46.5 Å². The maximum atomic E-state index is 10.1. The first-order valence-electron chi connectivity index (χ1n) is 4.05. The van der Waals surface area contributed by atoms with Gasteiger partial charge in [0, 0.05) is 12.7 Å². The summed E-state index contributed by atoms with van der Waals surface area (Å²) in [6.45, 7) is 6.58. The summed E-state index contributed by atoms with van der Waals surface area (Å²) in [4.78, 5) is 10.1. The lowest BCUT2D eigenvalue weighted by molar-refractivity contribution is -0.131. The number of carboxylic acids is 1. The van der Waals surface area contributed by atoms with Gasteiger partial charge in [0.2, 0.25) is 0 Å². The molecule has 3 nitrogen and oxygen atoms in total. The second-order valence-corrected chi connectivity index (χ2v) is 3.13. The Bertz CT molecular complexity index is 161. The smallest absolute Gasteiger partial charge is 0.328 e. The normalized spacial score (nSPS) is 14.0. The van der Waals surface area contributed by atoms with Crippen molar-refractivity contribution in [3.05, 3.63) is 12.2 Å². The van der Waals surface area contributed by atoms with Crippen LogP contribution in [0.25, 0.3) is 0 Å². The molecule has 0 heterocycles. The van der Waals surface area contributed by atoms with E-state index in [1.165, 1.54) is 6.08 Å². The van der Waals surface area contributed by atoms with Crippen LogP contribution in [0.15, 0.2) is 12.2 Å². The predicted octanol–water partition coefficient (Wildman–Crippen LogP) is 1.69. The molecule has 0 aromatic rings. The molecule has 0 rings (SSSR count). The number of ether oxygens (including phenoxy) is 1. The minimum absolute atomic E-state index is 0.122. The number of aliphatic carboxylic acids is 1. The highest BCUT2D eigenvalue weighted by Gasteiger charge is 1.99. The molecule has 0 fully saturated rings. The summed E-state index contributed by atoms with van der Waals surface area (Å²) in [5.74, 6) is -0.458. The van der Waals surface area contributed by atoms with Gasteiger partial charge in [-0.2, -0.15) is 0 Å². The largest absolute Gasteiger partial charge is 0.478 e. The van der Waals surface area contributed by atoms with Crippen molar-refractivity contribution >= 4 is 5.97 Å². The highest BCUT2D eigenvalue weighted by molar-refractivity contribution is 5.79. The van der Waals surface area contributed by atoms with E-state index in [-0.39, 0.29) is 6.10 Å². The zero-order valence-electron chi connectivity index (χ0n) is 7.78. The van der Waals surface area contributed by atoms with E-state index < -0.39 is 5.97 Å². The van der Waals surface area contributed by atoms with Crippen LogP contribution in [-0.2, 0) is 9.53 Å². The molecule has 0 amide bonds. The van der Waals surface area contributed by atoms with Crippen LogP contribution in [0.4, 0.5) is 0 Å². The monoisotopic (exact) mass is 172 g/mol. The molecular weight excluding hydrogens is 156 g/mol. The molecule has 1 N–H and O–H groups in total. The van der Waals surface area contributed by atoms with Crippen LogP contribution in [0.1, 0.15) is 20.8 Å². The fraction of sp³-hybridized carbons (Fsp3) is 0.667. The van der Waals surface area contributed by atoms with Crippen LogP contribution in [0.2, 0.25) is 0 Å². The van der Waals surface area contributed by atoms with Crippen molar-refractivity contribution in [2.75, 3.05) is 6.61 Å². The molecule has 0 saturated carbocycles. The van der Waals surface area contributed by atoms with Gasteiger partial charge in [0.25, 0.3) is 0 Å². The van der Waals surface area contributed by atoms with Crippen molar-refractivity contribution in [2.24, 2.45) is 5.92 Å². The summed E-state index contributed by atoms with van der Waals surface area (Å²) in [5, 5.41) is 8.30. The molecule has 70 valence electrons. The molecule has 1 unspecified atom stereocenters. The van der Waals surface area contributed by atoms with Gasteiger partial charge in [-0.05, 0) is 18.9 Å². The van der Waals surface area contributed by atoms with Crippen LogP contribution in [0.5, 0.6) is 0 Å². The SMILES string of the molecule is CC(C)COC(C)C=CC(=O)O. The van der Waals surface area contributed by atoms with E-state index >= 15 is 0 Å². The van der Waals surface area contributed by atoms with E-state index in [1.54, 1.807) is 0 Å². The fourth-order valence-electron chi connectivity index (χ4n) is 0.618. The maximum absolute atomic E-state index is 10.1. The lowest BCUT2D eigenvalue weighted by Crippen LogP contribution is -2.10. The molecule has 0 aromatic heterocycles. The minimum Gasteiger partial charge on any atom is -0.478 e. The number of rotatable bonds is 5. The third-order valence-electron chi connectivity index (χ3n) is 1.20. The Morgan fingerprint density at radius 3 is 2.50 bits per heavy atom. The molecular formula is C9H16O3. The van der Waals surface area contributed by atoms with Crippen molar-refractivity contribution in [3.63, 3.8) is 0 Å². The van der Waals surface area contributed by atoms with Crippen LogP contribution < -0.4 is 0 Å². The Labute approximate surface area is 73.0 Å². The second-order valence-electron chi connectivity index (χ2n) is 3.13. The third kappa shape index (κ3) is 7.28. The molecule has 3 heteroatoms. The number of carboxylic acid groups (broad SMARTS) is 1. The summed E-state index contributed by atoms with van der Waals surface area (Å²) >= 11 is 0. The van der Waals surface area contributed by atoms with E-state index in [9.17, 15) is 4.79 Å². The average molecular weight is 172 g/mol. The lowest BCUT2D eigenvalue weighted by Gasteiger charge is -2.10. The van der Waals surface area contributed by atoms with Crippen molar-refractivity contribution in [1.29, 1.82) is 0 Å². The van der Waals surface area contributed by atoms with E-state index in [1.807, 2.05) is 20.8 Å². The van der Waals surface area contributed by atoms with Crippen molar-refractivity contribution in [1.82, 2.24) is 0 Å². The number of hydrogen-bond acceptors (Lipinski definition) is 2. The van der Waals surface area contributed by atoms with E-state index in [0.717, 1.165) is 6.08 Å².